The van der Waals surface area contributed by atoms with E-state index in [2.05, 4.69) is 10.6 Å². The van der Waals surface area contributed by atoms with Crippen LogP contribution in [0.3, 0.4) is 0 Å². The minimum atomic E-state index is -0.931. The van der Waals surface area contributed by atoms with Gasteiger partial charge in [-0.25, -0.2) is 0 Å². The number of ether oxygens (including phenoxy) is 2. The van der Waals surface area contributed by atoms with Crippen molar-refractivity contribution in [2.75, 3.05) is 52.6 Å². The van der Waals surface area contributed by atoms with E-state index in [1.165, 1.54) is 0 Å². The van der Waals surface area contributed by atoms with Gasteiger partial charge in [0, 0.05) is 26.2 Å². The van der Waals surface area contributed by atoms with Crippen LogP contribution in [0.2, 0.25) is 0 Å². The molecule has 2 rings (SSSR count). The second-order valence-electron chi connectivity index (χ2n) is 2.83. The molecule has 9 heteroatoms. The summed E-state index contributed by atoms with van der Waals surface area (Å²) >= 11 is -0.931. The molecule has 0 spiro atoms. The first-order valence-electron chi connectivity index (χ1n) is 5.10. The van der Waals surface area contributed by atoms with Gasteiger partial charge in [-0.05, 0) is 0 Å². The summed E-state index contributed by atoms with van der Waals surface area (Å²) in [7, 11) is 9.90. The van der Waals surface area contributed by atoms with Crippen molar-refractivity contribution in [2.45, 2.75) is 0 Å². The fourth-order valence-corrected chi connectivity index (χ4v) is 1.03. The van der Waals surface area contributed by atoms with Crippen LogP contribution in [0, 0.1) is 0 Å². The average molecular weight is 383 g/mol. The van der Waals surface area contributed by atoms with E-state index in [0.717, 1.165) is 52.6 Å². The van der Waals surface area contributed by atoms with Gasteiger partial charge in [-0.3, -0.25) is 0 Å². The van der Waals surface area contributed by atoms with Crippen LogP contribution < -0.4 is 10.6 Å². The van der Waals surface area contributed by atoms with Crippen molar-refractivity contribution in [2.24, 2.45) is 0 Å². The molecule has 0 aromatic heterocycles. The Morgan fingerprint density at radius 1 is 0.706 bits per heavy atom. The van der Waals surface area contributed by atoms with E-state index in [0.29, 0.717) is 0 Å². The molecule has 0 amide bonds. The number of nitrogens with one attached hydrogen (secondary N) is 2. The number of hydrogen-bond donors (Lipinski definition) is 2. The SMILES string of the molecule is C1COCCN1.C1COCCN1.Cl.Cl.[Cl][Zn][Cl]. The minimum absolute atomic E-state index is 0. The zero-order valence-corrected chi connectivity index (χ0v) is 15.9. The number of hydrogen-bond acceptors (Lipinski definition) is 4. The van der Waals surface area contributed by atoms with Crippen molar-refractivity contribution in [1.82, 2.24) is 10.6 Å². The van der Waals surface area contributed by atoms with Crippen LogP contribution in [-0.4, -0.2) is 52.6 Å². The Morgan fingerprint density at radius 2 is 0.941 bits per heavy atom. The van der Waals surface area contributed by atoms with Crippen molar-refractivity contribution in [1.29, 1.82) is 0 Å². The number of halogens is 4. The standard InChI is InChI=1S/2C4H9NO.4ClH.Zn/c2*1-3-6-4-2-5-1;;;;;/h2*5H,1-4H2;4*1H;/q;;;;;;+2/p-2. The van der Waals surface area contributed by atoms with Gasteiger partial charge in [-0.2, -0.15) is 0 Å². The summed E-state index contributed by atoms with van der Waals surface area (Å²) in [5, 5.41) is 6.32. The maximum atomic E-state index is 5.01. The normalized spacial score (nSPS) is 17.5. The van der Waals surface area contributed by atoms with Crippen LogP contribution in [0.4, 0.5) is 0 Å². The molecule has 4 nitrogen and oxygen atoms in total. The van der Waals surface area contributed by atoms with Crippen LogP contribution in [0.25, 0.3) is 0 Å². The predicted octanol–water partition coefficient (Wildman–Crippen LogP) is 1.43. The molecular weight excluding hydrogens is 363 g/mol. The van der Waals surface area contributed by atoms with Crippen molar-refractivity contribution in [3.8, 4) is 0 Å². The fourth-order valence-electron chi connectivity index (χ4n) is 1.03. The van der Waals surface area contributed by atoms with Gasteiger partial charge in [0.25, 0.3) is 0 Å². The Morgan fingerprint density at radius 3 is 1.00 bits per heavy atom. The van der Waals surface area contributed by atoms with Crippen LogP contribution in [-0.2, 0) is 24.6 Å². The molecule has 2 fully saturated rings. The molecule has 0 saturated carbocycles. The molecular formula is C8H20Cl4N2O2Zn. The molecule has 17 heavy (non-hydrogen) atoms. The van der Waals surface area contributed by atoms with E-state index in [-0.39, 0.29) is 24.8 Å². The molecule has 0 radical (unpaired) electrons. The molecule has 0 atom stereocenters. The summed E-state index contributed by atoms with van der Waals surface area (Å²) in [6.07, 6.45) is 0. The topological polar surface area (TPSA) is 42.5 Å². The van der Waals surface area contributed by atoms with Gasteiger partial charge in [-0.15, -0.1) is 24.8 Å². The molecule has 2 aliphatic rings. The third-order valence-corrected chi connectivity index (χ3v) is 1.69. The van der Waals surface area contributed by atoms with E-state index in [1.54, 1.807) is 0 Å². The predicted molar refractivity (Wildman–Crippen MR) is 73.6 cm³/mol. The number of morpholine rings is 2. The van der Waals surface area contributed by atoms with Crippen LogP contribution in [0.5, 0.6) is 0 Å². The summed E-state index contributed by atoms with van der Waals surface area (Å²) in [5.74, 6) is 0. The van der Waals surface area contributed by atoms with E-state index in [4.69, 9.17) is 28.9 Å². The van der Waals surface area contributed by atoms with Crippen LogP contribution in [0.1, 0.15) is 0 Å². The van der Waals surface area contributed by atoms with Gasteiger partial charge in [0.05, 0.1) is 26.4 Å². The molecule has 104 valence electrons. The molecule has 0 unspecified atom stereocenters. The Balaban J connectivity index is -0.000000173. The third-order valence-electron chi connectivity index (χ3n) is 1.69. The van der Waals surface area contributed by atoms with Gasteiger partial charge < -0.3 is 20.1 Å². The maximum absolute atomic E-state index is 5.01. The second-order valence-corrected chi connectivity index (χ2v) is 7.45. The molecule has 0 bridgehead atoms. The molecule has 0 aromatic carbocycles. The number of rotatable bonds is 0. The summed E-state index contributed by atoms with van der Waals surface area (Å²) in [6, 6.07) is 0. The van der Waals surface area contributed by atoms with Crippen LogP contribution >= 0.6 is 44.2 Å². The van der Waals surface area contributed by atoms with Gasteiger partial charge in [0.15, 0.2) is 0 Å². The Hall–Kier alpha value is 1.62. The van der Waals surface area contributed by atoms with E-state index < -0.39 is 15.1 Å². The zero-order valence-electron chi connectivity index (χ0n) is 9.75. The monoisotopic (exact) mass is 380 g/mol. The summed E-state index contributed by atoms with van der Waals surface area (Å²) in [6.45, 7) is 7.67. The van der Waals surface area contributed by atoms with Crippen LogP contribution in [0.15, 0.2) is 0 Å². The van der Waals surface area contributed by atoms with E-state index in [1.807, 2.05) is 0 Å². The molecule has 2 N–H and O–H groups in total. The summed E-state index contributed by atoms with van der Waals surface area (Å²) < 4.78 is 10.0. The van der Waals surface area contributed by atoms with Gasteiger partial charge in [-0.1, -0.05) is 0 Å². The Kier molecular flexibility index (Phi) is 31.7. The first kappa shape index (κ1) is 23.7. The molecule has 2 aliphatic heterocycles. The summed E-state index contributed by atoms with van der Waals surface area (Å²) in [5.41, 5.74) is 0. The van der Waals surface area contributed by atoms with E-state index >= 15 is 0 Å². The average Bonchev–Trinajstić information content (AvgIpc) is 2.35. The molecule has 2 heterocycles. The van der Waals surface area contributed by atoms with Crippen molar-refractivity contribution in [3.63, 3.8) is 0 Å². The molecule has 0 aliphatic carbocycles. The van der Waals surface area contributed by atoms with Gasteiger partial charge in [0.1, 0.15) is 0 Å². The summed E-state index contributed by atoms with van der Waals surface area (Å²) in [4.78, 5) is 0. The molecule has 0 aromatic rings. The second kappa shape index (κ2) is 22.8. The van der Waals surface area contributed by atoms with Crippen molar-refractivity contribution >= 4 is 44.2 Å². The van der Waals surface area contributed by atoms with Crippen molar-refractivity contribution in [3.05, 3.63) is 0 Å². The quantitative estimate of drug-likeness (QED) is 0.621. The fraction of sp³-hybridized carbons (Fsp3) is 1.00. The Bertz CT molecular complexity index is 86.7. The van der Waals surface area contributed by atoms with Crippen molar-refractivity contribution < 1.29 is 24.6 Å². The van der Waals surface area contributed by atoms with Gasteiger partial charge >= 0.3 is 34.5 Å². The first-order valence-corrected chi connectivity index (χ1v) is 12.9. The Labute approximate surface area is 131 Å². The molecule has 2 saturated heterocycles. The van der Waals surface area contributed by atoms with Gasteiger partial charge in [0.2, 0.25) is 0 Å². The third kappa shape index (κ3) is 23.2. The van der Waals surface area contributed by atoms with E-state index in [9.17, 15) is 0 Å². The first-order chi connectivity index (χ1) is 7.41. The zero-order chi connectivity index (χ0) is 11.2.